The molecule has 3 fully saturated rings. The third kappa shape index (κ3) is 5.25. The molecule has 1 aromatic carbocycles. The smallest absolute Gasteiger partial charge is 0.330 e. The summed E-state index contributed by atoms with van der Waals surface area (Å²) in [5.41, 5.74) is 3.63. The molecule has 6 nitrogen and oxygen atoms in total. The van der Waals surface area contributed by atoms with Gasteiger partial charge in [-0.2, -0.15) is 0 Å². The summed E-state index contributed by atoms with van der Waals surface area (Å²) in [6.07, 6.45) is 15.3. The van der Waals surface area contributed by atoms with Crippen molar-refractivity contribution in [1.29, 1.82) is 0 Å². The van der Waals surface area contributed by atoms with Gasteiger partial charge in [0.1, 0.15) is 19.0 Å². The molecule has 0 bridgehead atoms. The standard InChI is InChI=1S/C40H47FO6/c1-25-28-12-13-31-38(4,29(28)23-30(42)34(25)44)18-20-40(6)32-24-37(3,16-15-36(32,2)17-19-39(31,40)5)35(45)47-22-21-46-33(43)14-9-26-7-10-27(41)11-8-26/h7-14,23,32,44H,15-22,24H2,1-6H3/b14-9+/t32-,36-,37-,38+,39-,40+/m1/s1. The second kappa shape index (κ2) is 11.5. The zero-order chi connectivity index (χ0) is 34.0. The van der Waals surface area contributed by atoms with E-state index in [1.807, 2.05) is 13.8 Å². The van der Waals surface area contributed by atoms with Crippen molar-refractivity contribution in [3.63, 3.8) is 0 Å². The van der Waals surface area contributed by atoms with Crippen LogP contribution in [-0.4, -0.2) is 36.0 Å². The van der Waals surface area contributed by atoms with E-state index in [9.17, 15) is 23.9 Å². The van der Waals surface area contributed by atoms with E-state index in [-0.39, 0.29) is 64.1 Å². The fourth-order valence-corrected chi connectivity index (χ4v) is 9.88. The fourth-order valence-electron chi connectivity index (χ4n) is 9.88. The fraction of sp³-hybridized carbons (Fsp3) is 0.525. The van der Waals surface area contributed by atoms with Crippen LogP contribution in [0.3, 0.4) is 0 Å². The molecule has 0 heterocycles. The first-order valence-corrected chi connectivity index (χ1v) is 16.9. The van der Waals surface area contributed by atoms with Gasteiger partial charge in [0.25, 0.3) is 0 Å². The average Bonchev–Trinajstić information content (AvgIpc) is 3.04. The molecule has 5 aliphatic carbocycles. The number of ether oxygens (including phenoxy) is 2. The third-order valence-corrected chi connectivity index (χ3v) is 13.2. The van der Waals surface area contributed by atoms with Crippen molar-refractivity contribution in [2.75, 3.05) is 13.2 Å². The van der Waals surface area contributed by atoms with Crippen molar-refractivity contribution < 1.29 is 33.4 Å². The molecular weight excluding hydrogens is 595 g/mol. The predicted molar refractivity (Wildman–Crippen MR) is 178 cm³/mol. The van der Waals surface area contributed by atoms with Gasteiger partial charge in [-0.1, -0.05) is 57.6 Å². The van der Waals surface area contributed by atoms with Crippen LogP contribution in [0.1, 0.15) is 92.1 Å². The molecule has 0 saturated heterocycles. The Morgan fingerprint density at radius 1 is 0.936 bits per heavy atom. The molecule has 1 N–H and O–H groups in total. The van der Waals surface area contributed by atoms with E-state index in [4.69, 9.17) is 9.47 Å². The summed E-state index contributed by atoms with van der Waals surface area (Å²) in [7, 11) is 0. The molecule has 6 atom stereocenters. The van der Waals surface area contributed by atoms with Gasteiger partial charge in [0, 0.05) is 17.1 Å². The number of hydrogen-bond donors (Lipinski definition) is 1. The van der Waals surface area contributed by atoms with Crippen LogP contribution in [0.5, 0.6) is 0 Å². The minimum Gasteiger partial charge on any atom is -0.504 e. The summed E-state index contributed by atoms with van der Waals surface area (Å²) in [6.45, 7) is 13.3. The SMILES string of the molecule is CC1=C(O)C(=O)C=C2C1=CC=C1[C@@]2(C)CC[C@@]2(C)[C@@H]3C[C@](C)(C(=O)OCCOC(=O)/C=C/c4ccc(F)cc4)CC[C@]3(C)CC[C@]12C. The first kappa shape index (κ1) is 33.2. The summed E-state index contributed by atoms with van der Waals surface area (Å²) in [6, 6.07) is 5.78. The number of aliphatic hydroxyl groups is 1. The molecule has 0 spiro atoms. The second-order valence-electron chi connectivity index (χ2n) is 15.8. The Bertz CT molecular complexity index is 1680. The van der Waals surface area contributed by atoms with Crippen molar-refractivity contribution in [3.05, 3.63) is 88.0 Å². The number of fused-ring (bicyclic) bond motifs is 7. The lowest BCUT2D eigenvalue weighted by Gasteiger charge is -2.70. The zero-order valence-corrected chi connectivity index (χ0v) is 28.5. The highest BCUT2D eigenvalue weighted by Gasteiger charge is 2.67. The Kier molecular flexibility index (Phi) is 8.08. The van der Waals surface area contributed by atoms with Crippen LogP contribution in [0, 0.1) is 38.8 Å². The molecule has 0 amide bonds. The second-order valence-corrected chi connectivity index (χ2v) is 15.8. The molecule has 0 aromatic heterocycles. The van der Waals surface area contributed by atoms with Crippen LogP contribution in [0.4, 0.5) is 4.39 Å². The number of allylic oxidation sites excluding steroid dienone is 7. The van der Waals surface area contributed by atoms with E-state index in [0.29, 0.717) is 11.1 Å². The minimum atomic E-state index is -0.648. The number of benzene rings is 1. The number of carbonyl (C=O) groups is 3. The number of aliphatic hydroxyl groups excluding tert-OH is 1. The molecule has 5 aliphatic rings. The van der Waals surface area contributed by atoms with Gasteiger partial charge in [0.05, 0.1) is 5.41 Å². The van der Waals surface area contributed by atoms with E-state index in [2.05, 4.69) is 39.8 Å². The molecule has 0 radical (unpaired) electrons. The maximum atomic E-state index is 13.7. The monoisotopic (exact) mass is 642 g/mol. The van der Waals surface area contributed by atoms with Crippen LogP contribution >= 0.6 is 0 Å². The number of esters is 2. The zero-order valence-electron chi connectivity index (χ0n) is 28.5. The Hall–Kier alpha value is -3.74. The van der Waals surface area contributed by atoms with Crippen molar-refractivity contribution in [2.24, 2.45) is 33.0 Å². The van der Waals surface area contributed by atoms with Gasteiger partial charge in [-0.05, 0) is 122 Å². The van der Waals surface area contributed by atoms with Gasteiger partial charge in [0.15, 0.2) is 5.76 Å². The number of hydrogen-bond acceptors (Lipinski definition) is 6. The topological polar surface area (TPSA) is 89.9 Å². The highest BCUT2D eigenvalue weighted by atomic mass is 19.1. The summed E-state index contributed by atoms with van der Waals surface area (Å²) < 4.78 is 24.1. The summed E-state index contributed by atoms with van der Waals surface area (Å²) in [5.74, 6) is -1.33. The Morgan fingerprint density at radius 3 is 2.34 bits per heavy atom. The number of halogens is 1. The largest absolute Gasteiger partial charge is 0.504 e. The van der Waals surface area contributed by atoms with Crippen molar-refractivity contribution >= 4 is 23.8 Å². The molecule has 7 heteroatoms. The number of ketones is 1. The molecule has 0 unspecified atom stereocenters. The molecule has 6 rings (SSSR count). The van der Waals surface area contributed by atoms with Crippen molar-refractivity contribution in [2.45, 2.75) is 86.5 Å². The third-order valence-electron chi connectivity index (χ3n) is 13.2. The first-order valence-electron chi connectivity index (χ1n) is 16.9. The van der Waals surface area contributed by atoms with Crippen LogP contribution in [0.2, 0.25) is 0 Å². The van der Waals surface area contributed by atoms with E-state index < -0.39 is 11.4 Å². The number of rotatable bonds is 6. The van der Waals surface area contributed by atoms with Gasteiger partial charge in [0.2, 0.25) is 5.78 Å². The lowest BCUT2D eigenvalue weighted by atomic mass is 9.34. The van der Waals surface area contributed by atoms with Crippen molar-refractivity contribution in [1.82, 2.24) is 0 Å². The maximum Gasteiger partial charge on any atom is 0.330 e. The lowest BCUT2D eigenvalue weighted by Crippen LogP contribution is -2.62. The lowest BCUT2D eigenvalue weighted by molar-refractivity contribution is -0.183. The number of carbonyl (C=O) groups excluding carboxylic acids is 3. The first-order chi connectivity index (χ1) is 22.1. The molecule has 250 valence electrons. The quantitative estimate of drug-likeness (QED) is 0.190. The molecular formula is C40H47FO6. The highest BCUT2D eigenvalue weighted by molar-refractivity contribution is 6.06. The van der Waals surface area contributed by atoms with Crippen molar-refractivity contribution in [3.8, 4) is 0 Å². The van der Waals surface area contributed by atoms with Crippen LogP contribution in [0.25, 0.3) is 6.08 Å². The predicted octanol–water partition coefficient (Wildman–Crippen LogP) is 8.55. The van der Waals surface area contributed by atoms with Crippen LogP contribution < -0.4 is 0 Å². The van der Waals surface area contributed by atoms with Gasteiger partial charge in [-0.25, -0.2) is 9.18 Å². The summed E-state index contributed by atoms with van der Waals surface area (Å²) in [4.78, 5) is 38.6. The Morgan fingerprint density at radius 2 is 1.62 bits per heavy atom. The van der Waals surface area contributed by atoms with Gasteiger partial charge >= 0.3 is 11.9 Å². The van der Waals surface area contributed by atoms with E-state index in [0.717, 1.165) is 56.1 Å². The van der Waals surface area contributed by atoms with E-state index >= 15 is 0 Å². The molecule has 3 saturated carbocycles. The summed E-state index contributed by atoms with van der Waals surface area (Å²) >= 11 is 0. The normalized spacial score (nSPS) is 36.3. The van der Waals surface area contributed by atoms with Gasteiger partial charge in [-0.3, -0.25) is 9.59 Å². The van der Waals surface area contributed by atoms with E-state index in [1.165, 1.54) is 23.8 Å². The molecule has 0 aliphatic heterocycles. The van der Waals surface area contributed by atoms with Crippen LogP contribution in [-0.2, 0) is 23.9 Å². The molecule has 47 heavy (non-hydrogen) atoms. The highest BCUT2D eigenvalue weighted by Crippen LogP contribution is 2.75. The minimum absolute atomic E-state index is 0.0153. The van der Waals surface area contributed by atoms with Gasteiger partial charge < -0.3 is 14.6 Å². The van der Waals surface area contributed by atoms with Crippen LogP contribution in [0.15, 0.2) is 76.6 Å². The Labute approximate surface area is 277 Å². The summed E-state index contributed by atoms with van der Waals surface area (Å²) in [5, 5.41) is 10.4. The van der Waals surface area contributed by atoms with Gasteiger partial charge in [-0.15, -0.1) is 0 Å². The van der Waals surface area contributed by atoms with E-state index in [1.54, 1.807) is 24.3 Å². The Balaban J connectivity index is 1.16. The average molecular weight is 643 g/mol. The maximum absolute atomic E-state index is 13.7. The molecule has 1 aromatic rings.